The molecule has 1 unspecified atom stereocenters. The van der Waals surface area contributed by atoms with Crippen molar-refractivity contribution in [3.63, 3.8) is 0 Å². The molecular formula is C26H24F2N2S. The van der Waals surface area contributed by atoms with Crippen LogP contribution in [0.3, 0.4) is 0 Å². The Morgan fingerprint density at radius 2 is 1.65 bits per heavy atom. The van der Waals surface area contributed by atoms with Crippen LogP contribution in [0.4, 0.5) is 8.78 Å². The first kappa shape index (κ1) is 20.3. The summed E-state index contributed by atoms with van der Waals surface area (Å²) in [6, 6.07) is 20.2. The molecule has 0 spiro atoms. The summed E-state index contributed by atoms with van der Waals surface area (Å²) in [5.74, 6) is 0.625. The van der Waals surface area contributed by atoms with Crippen molar-refractivity contribution in [3.8, 4) is 11.1 Å². The van der Waals surface area contributed by atoms with Crippen LogP contribution in [0.25, 0.3) is 22.0 Å². The maximum absolute atomic E-state index is 13.4. The third kappa shape index (κ3) is 4.39. The van der Waals surface area contributed by atoms with Crippen LogP contribution in [-0.2, 0) is 13.0 Å². The highest BCUT2D eigenvalue weighted by molar-refractivity contribution is 7.99. The Morgan fingerprint density at radius 3 is 2.42 bits per heavy atom. The third-order valence-corrected chi connectivity index (χ3v) is 7.07. The molecule has 5 rings (SSSR count). The SMILES string of the molecule is Fc1ccc(SCCCC2Cc3[nH]c4cccc(-c5ccc(F)cc5)c4c3CN2)cc1. The molecule has 31 heavy (non-hydrogen) atoms. The van der Waals surface area contributed by atoms with Crippen LogP contribution in [0.15, 0.2) is 71.6 Å². The molecule has 0 radical (unpaired) electrons. The van der Waals surface area contributed by atoms with Gasteiger partial charge < -0.3 is 10.3 Å². The van der Waals surface area contributed by atoms with E-state index in [-0.39, 0.29) is 11.6 Å². The number of hydrogen-bond acceptors (Lipinski definition) is 2. The molecule has 1 aliphatic heterocycles. The van der Waals surface area contributed by atoms with E-state index >= 15 is 0 Å². The Hall–Kier alpha value is -2.63. The van der Waals surface area contributed by atoms with E-state index in [0.29, 0.717) is 6.04 Å². The Labute approximate surface area is 185 Å². The lowest BCUT2D eigenvalue weighted by Gasteiger charge is -2.24. The number of halogens is 2. The van der Waals surface area contributed by atoms with E-state index in [1.54, 1.807) is 11.8 Å². The Kier molecular flexibility index (Phi) is 5.79. The molecular weight excluding hydrogens is 410 g/mol. The Morgan fingerprint density at radius 1 is 0.903 bits per heavy atom. The van der Waals surface area contributed by atoms with Gasteiger partial charge in [-0.2, -0.15) is 0 Å². The Bertz CT molecular complexity index is 1180. The molecule has 0 bridgehead atoms. The standard InChI is InChI=1S/C26H24F2N2S/c27-18-8-6-17(7-9-18)22-4-1-5-24-26(22)23-16-29-20(15-25(23)30-24)3-2-14-31-21-12-10-19(28)11-13-21/h1,4-13,20,29-30H,2-3,14-16H2. The van der Waals surface area contributed by atoms with Crippen molar-refractivity contribution in [1.29, 1.82) is 0 Å². The second kappa shape index (κ2) is 8.85. The fraction of sp³-hybridized carbons (Fsp3) is 0.231. The molecule has 1 aromatic heterocycles. The van der Waals surface area contributed by atoms with E-state index in [1.807, 2.05) is 24.3 Å². The van der Waals surface area contributed by atoms with E-state index in [0.717, 1.165) is 53.1 Å². The smallest absolute Gasteiger partial charge is 0.123 e. The van der Waals surface area contributed by atoms with Crippen molar-refractivity contribution in [1.82, 2.24) is 10.3 Å². The maximum atomic E-state index is 13.4. The minimum Gasteiger partial charge on any atom is -0.358 e. The van der Waals surface area contributed by atoms with Gasteiger partial charge >= 0.3 is 0 Å². The first-order valence-corrected chi connectivity index (χ1v) is 11.7. The van der Waals surface area contributed by atoms with Crippen molar-refractivity contribution < 1.29 is 8.78 Å². The first-order chi connectivity index (χ1) is 15.2. The van der Waals surface area contributed by atoms with Crippen molar-refractivity contribution in [2.75, 3.05) is 5.75 Å². The molecule has 1 atom stereocenters. The summed E-state index contributed by atoms with van der Waals surface area (Å²) in [6.45, 7) is 0.837. The van der Waals surface area contributed by atoms with Gasteiger partial charge in [0, 0.05) is 40.5 Å². The van der Waals surface area contributed by atoms with Crippen LogP contribution < -0.4 is 5.32 Å². The summed E-state index contributed by atoms with van der Waals surface area (Å²) in [4.78, 5) is 4.75. The van der Waals surface area contributed by atoms with Gasteiger partial charge in [-0.05, 0) is 77.7 Å². The van der Waals surface area contributed by atoms with E-state index in [9.17, 15) is 8.78 Å². The van der Waals surface area contributed by atoms with E-state index in [4.69, 9.17) is 0 Å². The van der Waals surface area contributed by atoms with Gasteiger partial charge in [-0.25, -0.2) is 8.78 Å². The predicted octanol–water partition coefficient (Wildman–Crippen LogP) is 6.70. The molecule has 2 nitrogen and oxygen atoms in total. The zero-order valence-electron chi connectivity index (χ0n) is 17.1. The fourth-order valence-corrected chi connectivity index (χ4v) is 5.30. The topological polar surface area (TPSA) is 27.8 Å². The average molecular weight is 435 g/mol. The molecule has 3 aromatic carbocycles. The molecule has 0 amide bonds. The van der Waals surface area contributed by atoms with Crippen molar-refractivity contribution >= 4 is 22.7 Å². The predicted molar refractivity (Wildman–Crippen MR) is 124 cm³/mol. The normalized spacial score (nSPS) is 15.9. The first-order valence-electron chi connectivity index (χ1n) is 10.7. The van der Waals surface area contributed by atoms with Crippen molar-refractivity contribution in [2.24, 2.45) is 0 Å². The van der Waals surface area contributed by atoms with Gasteiger partial charge in [0.15, 0.2) is 0 Å². The van der Waals surface area contributed by atoms with Gasteiger partial charge in [0.25, 0.3) is 0 Å². The van der Waals surface area contributed by atoms with Gasteiger partial charge in [-0.3, -0.25) is 0 Å². The number of hydrogen-bond donors (Lipinski definition) is 2. The minimum atomic E-state index is -0.214. The highest BCUT2D eigenvalue weighted by Gasteiger charge is 2.23. The second-order valence-corrected chi connectivity index (χ2v) is 9.21. The molecule has 158 valence electrons. The summed E-state index contributed by atoms with van der Waals surface area (Å²) >= 11 is 1.78. The lowest BCUT2D eigenvalue weighted by Crippen LogP contribution is -2.35. The van der Waals surface area contributed by atoms with Crippen LogP contribution >= 0.6 is 11.8 Å². The van der Waals surface area contributed by atoms with Gasteiger partial charge in [0.1, 0.15) is 11.6 Å². The number of benzene rings is 3. The lowest BCUT2D eigenvalue weighted by molar-refractivity contribution is 0.447. The highest BCUT2D eigenvalue weighted by Crippen LogP contribution is 2.35. The number of aromatic nitrogens is 1. The van der Waals surface area contributed by atoms with Crippen LogP contribution in [0.2, 0.25) is 0 Å². The number of thioether (sulfide) groups is 1. The van der Waals surface area contributed by atoms with Gasteiger partial charge in [-0.1, -0.05) is 24.3 Å². The number of aromatic amines is 1. The zero-order chi connectivity index (χ0) is 21.2. The molecule has 5 heteroatoms. The number of nitrogens with one attached hydrogen (secondary N) is 2. The van der Waals surface area contributed by atoms with E-state index < -0.39 is 0 Å². The van der Waals surface area contributed by atoms with E-state index in [2.05, 4.69) is 28.5 Å². The maximum Gasteiger partial charge on any atom is 0.123 e. The fourth-order valence-electron chi connectivity index (χ4n) is 4.43. The molecule has 1 aliphatic rings. The largest absolute Gasteiger partial charge is 0.358 e. The van der Waals surface area contributed by atoms with Crippen molar-refractivity contribution in [2.45, 2.75) is 36.7 Å². The monoisotopic (exact) mass is 434 g/mol. The molecule has 2 N–H and O–H groups in total. The Balaban J connectivity index is 1.27. The molecule has 2 heterocycles. The number of rotatable bonds is 6. The summed E-state index contributed by atoms with van der Waals surface area (Å²) in [5.41, 5.74) is 5.95. The number of H-pyrrole nitrogens is 1. The molecule has 0 saturated heterocycles. The quantitative estimate of drug-likeness (QED) is 0.261. The zero-order valence-corrected chi connectivity index (χ0v) is 17.9. The van der Waals surface area contributed by atoms with Crippen LogP contribution in [0, 0.1) is 11.6 Å². The molecule has 4 aromatic rings. The van der Waals surface area contributed by atoms with Gasteiger partial charge in [0.05, 0.1) is 0 Å². The second-order valence-electron chi connectivity index (χ2n) is 8.04. The summed E-state index contributed by atoms with van der Waals surface area (Å²) in [5, 5.41) is 4.95. The van der Waals surface area contributed by atoms with Crippen LogP contribution in [0.5, 0.6) is 0 Å². The van der Waals surface area contributed by atoms with Crippen LogP contribution in [-0.4, -0.2) is 16.8 Å². The number of fused-ring (bicyclic) bond motifs is 3. The summed E-state index contributed by atoms with van der Waals surface area (Å²) in [6.07, 6.45) is 3.19. The molecule has 0 aliphatic carbocycles. The van der Waals surface area contributed by atoms with Gasteiger partial charge in [0.2, 0.25) is 0 Å². The van der Waals surface area contributed by atoms with Crippen molar-refractivity contribution in [3.05, 3.63) is 89.6 Å². The van der Waals surface area contributed by atoms with Gasteiger partial charge in [-0.15, -0.1) is 11.8 Å². The third-order valence-electron chi connectivity index (χ3n) is 5.97. The van der Waals surface area contributed by atoms with E-state index in [1.165, 1.54) is 40.9 Å². The molecule has 0 saturated carbocycles. The minimum absolute atomic E-state index is 0.188. The summed E-state index contributed by atoms with van der Waals surface area (Å²) < 4.78 is 26.4. The lowest BCUT2D eigenvalue weighted by atomic mass is 9.94. The average Bonchev–Trinajstić information content (AvgIpc) is 3.16. The van der Waals surface area contributed by atoms with Crippen LogP contribution in [0.1, 0.15) is 24.1 Å². The highest BCUT2D eigenvalue weighted by atomic mass is 32.2. The molecule has 0 fully saturated rings. The summed E-state index contributed by atoms with van der Waals surface area (Å²) in [7, 11) is 0.